The lowest BCUT2D eigenvalue weighted by atomic mass is 9.71. The molecule has 1 rings (SSSR count). The van der Waals surface area contributed by atoms with Crippen LogP contribution in [-0.2, 0) is 14.3 Å². The number of carboxylic acids is 1. The van der Waals surface area contributed by atoms with E-state index in [0.717, 1.165) is 19.3 Å². The summed E-state index contributed by atoms with van der Waals surface area (Å²) in [4.78, 5) is 35.5. The summed E-state index contributed by atoms with van der Waals surface area (Å²) in [6, 6.07) is -0.762. The molecular formula is C18H31BN2O5. The van der Waals surface area contributed by atoms with Crippen LogP contribution in [-0.4, -0.2) is 49.1 Å². The van der Waals surface area contributed by atoms with Crippen molar-refractivity contribution in [1.82, 2.24) is 10.6 Å². The van der Waals surface area contributed by atoms with Gasteiger partial charge in [0.05, 0.1) is 13.8 Å². The van der Waals surface area contributed by atoms with Crippen molar-refractivity contribution in [3.8, 4) is 0 Å². The highest BCUT2D eigenvalue weighted by molar-refractivity contribution is 6.08. The minimum atomic E-state index is -0.828. The Morgan fingerprint density at radius 3 is 2.46 bits per heavy atom. The molecule has 8 heteroatoms. The average molecular weight is 366 g/mol. The number of ether oxygens (including phenoxy) is 1. The maximum Gasteiger partial charge on any atom is 0.408 e. The van der Waals surface area contributed by atoms with Crippen molar-refractivity contribution in [3.05, 3.63) is 0 Å². The molecule has 0 aromatic heterocycles. The second-order valence-electron chi connectivity index (χ2n) is 8.07. The molecule has 4 atom stereocenters. The summed E-state index contributed by atoms with van der Waals surface area (Å²) in [5.74, 6) is -1.44. The minimum absolute atomic E-state index is 0.112. The standard InChI is InChI=1S/C18H31BN2O5/c1-11(21-17(25)26-18(2,3)4)15(22)20-10-13-6-5-12(7-8-19)9-14(13)16(23)24/h11-14H,5-10H2,1-4H3,(H,20,22)(H,21,25)(H,23,24)/t11-,12-,13-,14-/m0/s1. The van der Waals surface area contributed by atoms with Crippen molar-refractivity contribution in [3.63, 3.8) is 0 Å². The van der Waals surface area contributed by atoms with Gasteiger partial charge in [0.1, 0.15) is 11.6 Å². The van der Waals surface area contributed by atoms with Gasteiger partial charge in [0.2, 0.25) is 5.91 Å². The van der Waals surface area contributed by atoms with Crippen molar-refractivity contribution >= 4 is 25.8 Å². The van der Waals surface area contributed by atoms with E-state index >= 15 is 0 Å². The van der Waals surface area contributed by atoms with E-state index < -0.39 is 29.6 Å². The van der Waals surface area contributed by atoms with Crippen LogP contribution in [0.5, 0.6) is 0 Å². The maximum absolute atomic E-state index is 12.2. The number of nitrogens with one attached hydrogen (secondary N) is 2. The molecule has 26 heavy (non-hydrogen) atoms. The lowest BCUT2D eigenvalue weighted by Crippen LogP contribution is -2.48. The van der Waals surface area contributed by atoms with Crippen LogP contribution in [0.15, 0.2) is 0 Å². The Morgan fingerprint density at radius 1 is 1.27 bits per heavy atom. The lowest BCUT2D eigenvalue weighted by molar-refractivity contribution is -0.146. The third-order valence-electron chi connectivity index (χ3n) is 4.66. The zero-order valence-corrected chi connectivity index (χ0v) is 16.2. The molecule has 7 nitrogen and oxygen atoms in total. The highest BCUT2D eigenvalue weighted by Gasteiger charge is 2.35. The number of amides is 2. The van der Waals surface area contributed by atoms with E-state index in [9.17, 15) is 19.5 Å². The Kier molecular flexibility index (Phi) is 8.44. The fourth-order valence-electron chi connectivity index (χ4n) is 3.30. The van der Waals surface area contributed by atoms with Crippen LogP contribution in [0, 0.1) is 17.8 Å². The fourth-order valence-corrected chi connectivity index (χ4v) is 3.30. The van der Waals surface area contributed by atoms with E-state index in [1.165, 1.54) is 0 Å². The second-order valence-corrected chi connectivity index (χ2v) is 8.07. The first-order chi connectivity index (χ1) is 12.0. The molecular weight excluding hydrogens is 335 g/mol. The molecule has 1 aliphatic carbocycles. The van der Waals surface area contributed by atoms with Gasteiger partial charge >= 0.3 is 12.1 Å². The Morgan fingerprint density at radius 2 is 1.92 bits per heavy atom. The normalized spacial score (nSPS) is 24.4. The summed E-state index contributed by atoms with van der Waals surface area (Å²) in [7, 11) is 5.58. The van der Waals surface area contributed by atoms with Crippen molar-refractivity contribution < 1.29 is 24.2 Å². The topological polar surface area (TPSA) is 105 Å². The van der Waals surface area contributed by atoms with E-state index in [1.54, 1.807) is 27.7 Å². The molecule has 0 aliphatic heterocycles. The average Bonchev–Trinajstić information content (AvgIpc) is 2.51. The predicted octanol–water partition coefficient (Wildman–Crippen LogP) is 2.11. The van der Waals surface area contributed by atoms with Gasteiger partial charge in [0.15, 0.2) is 0 Å². The summed E-state index contributed by atoms with van der Waals surface area (Å²) < 4.78 is 5.12. The van der Waals surface area contributed by atoms with Crippen LogP contribution in [0.1, 0.15) is 53.4 Å². The van der Waals surface area contributed by atoms with Gasteiger partial charge in [0.25, 0.3) is 0 Å². The molecule has 0 heterocycles. The van der Waals surface area contributed by atoms with Crippen LogP contribution < -0.4 is 10.6 Å². The number of hydrogen-bond donors (Lipinski definition) is 3. The Labute approximate surface area is 157 Å². The summed E-state index contributed by atoms with van der Waals surface area (Å²) in [5.41, 5.74) is -0.642. The fraction of sp³-hybridized carbons (Fsp3) is 0.833. The smallest absolute Gasteiger partial charge is 0.408 e. The molecule has 146 valence electrons. The van der Waals surface area contributed by atoms with Crippen molar-refractivity contribution in [1.29, 1.82) is 0 Å². The second kappa shape index (κ2) is 9.83. The Balaban J connectivity index is 2.49. The van der Waals surface area contributed by atoms with E-state index in [0.29, 0.717) is 18.7 Å². The van der Waals surface area contributed by atoms with Crippen LogP contribution in [0.3, 0.4) is 0 Å². The third-order valence-corrected chi connectivity index (χ3v) is 4.66. The number of rotatable bonds is 7. The highest BCUT2D eigenvalue weighted by atomic mass is 16.6. The molecule has 0 aromatic rings. The molecule has 1 aliphatic rings. The van der Waals surface area contributed by atoms with Gasteiger partial charge in [-0.2, -0.15) is 0 Å². The number of hydrogen-bond acceptors (Lipinski definition) is 4. The number of carbonyl (C=O) groups is 3. The zero-order chi connectivity index (χ0) is 19.9. The first-order valence-corrected chi connectivity index (χ1v) is 9.23. The zero-order valence-electron chi connectivity index (χ0n) is 16.2. The Hall–Kier alpha value is -1.73. The van der Waals surface area contributed by atoms with Crippen LogP contribution in [0.2, 0.25) is 6.32 Å². The molecule has 0 bridgehead atoms. The molecule has 0 unspecified atom stereocenters. The first-order valence-electron chi connectivity index (χ1n) is 9.23. The lowest BCUT2D eigenvalue weighted by Gasteiger charge is -2.34. The van der Waals surface area contributed by atoms with E-state index in [-0.39, 0.29) is 18.4 Å². The van der Waals surface area contributed by atoms with Gasteiger partial charge in [-0.15, -0.1) is 0 Å². The molecule has 1 fully saturated rings. The number of carbonyl (C=O) groups excluding carboxylic acids is 2. The summed E-state index contributed by atoms with van der Waals surface area (Å²) >= 11 is 0. The minimum Gasteiger partial charge on any atom is -0.481 e. The van der Waals surface area contributed by atoms with Crippen molar-refractivity contribution in [2.24, 2.45) is 17.8 Å². The van der Waals surface area contributed by atoms with E-state index in [2.05, 4.69) is 10.6 Å². The van der Waals surface area contributed by atoms with Crippen LogP contribution in [0.25, 0.3) is 0 Å². The van der Waals surface area contributed by atoms with E-state index in [4.69, 9.17) is 12.6 Å². The summed E-state index contributed by atoms with van der Waals surface area (Å²) in [5, 5.41) is 14.7. The third kappa shape index (κ3) is 7.66. The van der Waals surface area contributed by atoms with Gasteiger partial charge in [-0.05, 0) is 52.4 Å². The molecule has 2 amide bonds. The summed E-state index contributed by atoms with van der Waals surface area (Å²) in [6.45, 7) is 7.07. The first kappa shape index (κ1) is 22.3. The molecule has 3 N–H and O–H groups in total. The molecule has 0 aromatic carbocycles. The number of alkyl carbamates (subject to hydrolysis) is 1. The molecule has 1 saturated carbocycles. The number of aliphatic carboxylic acids is 1. The quantitative estimate of drug-likeness (QED) is 0.599. The SMILES string of the molecule is [B]CC[C@@H]1CC[C@@H](CNC(=O)[C@H](C)NC(=O)OC(C)(C)C)[C@@H](C(=O)O)C1. The van der Waals surface area contributed by atoms with E-state index in [1.807, 2.05) is 0 Å². The maximum atomic E-state index is 12.2. The van der Waals surface area contributed by atoms with Gasteiger partial charge in [-0.3, -0.25) is 9.59 Å². The van der Waals surface area contributed by atoms with Gasteiger partial charge in [0, 0.05) is 6.54 Å². The van der Waals surface area contributed by atoms with Crippen LogP contribution >= 0.6 is 0 Å². The monoisotopic (exact) mass is 366 g/mol. The van der Waals surface area contributed by atoms with Crippen molar-refractivity contribution in [2.45, 2.75) is 71.3 Å². The number of carboxylic acid groups (broad SMARTS) is 1. The largest absolute Gasteiger partial charge is 0.481 e. The van der Waals surface area contributed by atoms with Crippen molar-refractivity contribution in [2.75, 3.05) is 6.54 Å². The molecule has 2 radical (unpaired) electrons. The predicted molar refractivity (Wildman–Crippen MR) is 99.0 cm³/mol. The van der Waals surface area contributed by atoms with Gasteiger partial charge in [-0.1, -0.05) is 19.2 Å². The highest BCUT2D eigenvalue weighted by Crippen LogP contribution is 2.36. The van der Waals surface area contributed by atoms with Gasteiger partial charge in [-0.25, -0.2) is 4.79 Å². The molecule has 0 spiro atoms. The van der Waals surface area contributed by atoms with Crippen LogP contribution in [0.4, 0.5) is 4.79 Å². The summed E-state index contributed by atoms with van der Waals surface area (Å²) in [6.07, 6.45) is 3.00. The molecule has 0 saturated heterocycles. The Bertz CT molecular complexity index is 506. The van der Waals surface area contributed by atoms with Gasteiger partial charge < -0.3 is 20.5 Å².